The number of nitrogens with two attached hydrogens (primary N) is 1. The van der Waals surface area contributed by atoms with Crippen LogP contribution in [0.3, 0.4) is 0 Å². The number of aromatic nitrogens is 1. The molecule has 7 nitrogen and oxygen atoms in total. The lowest BCUT2D eigenvalue weighted by Crippen LogP contribution is -2.44. The minimum Gasteiger partial charge on any atom is -0.475 e. The van der Waals surface area contributed by atoms with Crippen molar-refractivity contribution >= 4 is 11.9 Å². The summed E-state index contributed by atoms with van der Waals surface area (Å²) in [5, 5.41) is 7.12. The van der Waals surface area contributed by atoms with E-state index < -0.39 is 12.1 Å². The Kier molecular flexibility index (Phi) is 8.16. The number of benzene rings is 1. The highest BCUT2D eigenvalue weighted by Gasteiger charge is 2.38. The first-order valence-corrected chi connectivity index (χ1v) is 9.16. The summed E-state index contributed by atoms with van der Waals surface area (Å²) in [6.07, 6.45) is -1.56. The standard InChI is InChI=1S/C18H21N3O2.C2HF3O2/c19-12-14-8-9-20-17(11-14)23-16-7-4-10-21(13-16)18(22)15-5-2-1-3-6-15;3-2(4,5)1(6)7/h1-3,5-6,8-9,11,16H,4,7,10,12-13,19H2;(H,6,7). The van der Waals surface area contributed by atoms with Crippen LogP contribution in [0.25, 0.3) is 0 Å². The van der Waals surface area contributed by atoms with Crippen LogP contribution in [0.1, 0.15) is 28.8 Å². The van der Waals surface area contributed by atoms with Crippen LogP contribution in [0.4, 0.5) is 13.2 Å². The molecule has 1 aliphatic heterocycles. The van der Waals surface area contributed by atoms with Gasteiger partial charge in [0.1, 0.15) is 6.10 Å². The Morgan fingerprint density at radius 2 is 1.90 bits per heavy atom. The van der Waals surface area contributed by atoms with Crippen LogP contribution < -0.4 is 10.5 Å². The smallest absolute Gasteiger partial charge is 0.475 e. The fourth-order valence-electron chi connectivity index (χ4n) is 2.79. The minimum atomic E-state index is -5.08. The highest BCUT2D eigenvalue weighted by atomic mass is 19.4. The molecule has 0 spiro atoms. The lowest BCUT2D eigenvalue weighted by molar-refractivity contribution is -0.192. The number of ether oxygens (including phenoxy) is 1. The Bertz CT molecular complexity index is 847. The van der Waals surface area contributed by atoms with Gasteiger partial charge in [0.15, 0.2) is 0 Å². The van der Waals surface area contributed by atoms with Crippen molar-refractivity contribution in [2.45, 2.75) is 31.7 Å². The summed E-state index contributed by atoms with van der Waals surface area (Å²) < 4.78 is 37.7. The second kappa shape index (κ2) is 10.6. The summed E-state index contributed by atoms with van der Waals surface area (Å²) in [5.41, 5.74) is 7.35. The van der Waals surface area contributed by atoms with Gasteiger partial charge in [0, 0.05) is 30.9 Å². The number of aliphatic carboxylic acids is 1. The van der Waals surface area contributed by atoms with E-state index in [1.807, 2.05) is 47.4 Å². The number of halogens is 3. The van der Waals surface area contributed by atoms with Gasteiger partial charge in [-0.25, -0.2) is 9.78 Å². The maximum atomic E-state index is 12.5. The maximum absolute atomic E-state index is 12.5. The van der Waals surface area contributed by atoms with Gasteiger partial charge < -0.3 is 20.5 Å². The second-order valence-corrected chi connectivity index (χ2v) is 6.51. The van der Waals surface area contributed by atoms with Gasteiger partial charge in [-0.1, -0.05) is 18.2 Å². The molecule has 3 rings (SSSR count). The van der Waals surface area contributed by atoms with Crippen molar-refractivity contribution in [1.82, 2.24) is 9.88 Å². The largest absolute Gasteiger partial charge is 0.490 e. The molecule has 1 aromatic carbocycles. The van der Waals surface area contributed by atoms with Gasteiger partial charge in [0.05, 0.1) is 6.54 Å². The van der Waals surface area contributed by atoms with Gasteiger partial charge in [-0.15, -0.1) is 0 Å². The normalized spacial score (nSPS) is 16.3. The molecule has 1 unspecified atom stereocenters. The van der Waals surface area contributed by atoms with E-state index in [4.69, 9.17) is 20.4 Å². The van der Waals surface area contributed by atoms with Crippen LogP contribution in [-0.4, -0.2) is 52.2 Å². The number of carbonyl (C=O) groups is 2. The third-order valence-corrected chi connectivity index (χ3v) is 4.25. The number of amides is 1. The highest BCUT2D eigenvalue weighted by molar-refractivity contribution is 5.94. The predicted molar refractivity (Wildman–Crippen MR) is 102 cm³/mol. The molecule has 1 aromatic heterocycles. The monoisotopic (exact) mass is 425 g/mol. The summed E-state index contributed by atoms with van der Waals surface area (Å²) in [6, 6.07) is 13.1. The number of carboxylic acids is 1. The third-order valence-electron chi connectivity index (χ3n) is 4.25. The zero-order valence-corrected chi connectivity index (χ0v) is 16.0. The number of pyridine rings is 1. The topological polar surface area (TPSA) is 106 Å². The summed E-state index contributed by atoms with van der Waals surface area (Å²) >= 11 is 0. The molecule has 30 heavy (non-hydrogen) atoms. The molecule has 0 aliphatic carbocycles. The highest BCUT2D eigenvalue weighted by Crippen LogP contribution is 2.19. The zero-order valence-electron chi connectivity index (χ0n) is 16.0. The Hall–Kier alpha value is -3.14. The van der Waals surface area contributed by atoms with Crippen LogP contribution in [0, 0.1) is 0 Å². The number of hydrogen-bond acceptors (Lipinski definition) is 5. The molecule has 0 radical (unpaired) electrons. The third kappa shape index (κ3) is 7.03. The molecule has 10 heteroatoms. The van der Waals surface area contributed by atoms with E-state index >= 15 is 0 Å². The van der Waals surface area contributed by atoms with Crippen LogP contribution in [0.5, 0.6) is 5.88 Å². The molecular weight excluding hydrogens is 403 g/mol. The molecule has 0 bridgehead atoms. The van der Waals surface area contributed by atoms with E-state index in [1.54, 1.807) is 6.20 Å². The fraction of sp³-hybridized carbons (Fsp3) is 0.350. The van der Waals surface area contributed by atoms with Crippen molar-refractivity contribution in [3.05, 3.63) is 59.8 Å². The van der Waals surface area contributed by atoms with E-state index in [1.165, 1.54) is 0 Å². The van der Waals surface area contributed by atoms with Crippen LogP contribution in [0.2, 0.25) is 0 Å². The lowest BCUT2D eigenvalue weighted by atomic mass is 10.1. The number of likely N-dealkylation sites (tertiary alicyclic amines) is 1. The Morgan fingerprint density at radius 3 is 2.50 bits per heavy atom. The summed E-state index contributed by atoms with van der Waals surface area (Å²) in [7, 11) is 0. The lowest BCUT2D eigenvalue weighted by Gasteiger charge is -2.32. The number of piperidine rings is 1. The van der Waals surface area contributed by atoms with E-state index in [-0.39, 0.29) is 12.0 Å². The average Bonchev–Trinajstić information content (AvgIpc) is 2.74. The maximum Gasteiger partial charge on any atom is 0.490 e. The molecule has 3 N–H and O–H groups in total. The van der Waals surface area contributed by atoms with Gasteiger partial charge >= 0.3 is 12.1 Å². The van der Waals surface area contributed by atoms with Crippen LogP contribution >= 0.6 is 0 Å². The first-order valence-electron chi connectivity index (χ1n) is 9.16. The van der Waals surface area contributed by atoms with E-state index in [2.05, 4.69) is 4.98 Å². The quantitative estimate of drug-likeness (QED) is 0.780. The number of carbonyl (C=O) groups excluding carboxylic acids is 1. The Balaban J connectivity index is 0.000000396. The number of carboxylic acid groups (broad SMARTS) is 1. The average molecular weight is 425 g/mol. The number of hydrogen-bond donors (Lipinski definition) is 2. The molecular formula is C20H22F3N3O4. The molecule has 2 heterocycles. The number of nitrogens with zero attached hydrogens (tertiary/aromatic N) is 2. The fourth-order valence-corrected chi connectivity index (χ4v) is 2.79. The van der Waals surface area contributed by atoms with Crippen LogP contribution in [0.15, 0.2) is 48.7 Å². The molecule has 1 fully saturated rings. The van der Waals surface area contributed by atoms with Crippen molar-refractivity contribution in [2.75, 3.05) is 13.1 Å². The molecule has 1 amide bonds. The first-order chi connectivity index (χ1) is 14.2. The summed E-state index contributed by atoms with van der Waals surface area (Å²) in [5.74, 6) is -2.12. The molecule has 162 valence electrons. The van der Waals surface area contributed by atoms with Crippen molar-refractivity contribution in [3.8, 4) is 5.88 Å². The van der Waals surface area contributed by atoms with E-state index in [9.17, 15) is 18.0 Å². The Morgan fingerprint density at radius 1 is 1.23 bits per heavy atom. The van der Waals surface area contributed by atoms with Crippen molar-refractivity contribution < 1.29 is 32.6 Å². The summed E-state index contributed by atoms with van der Waals surface area (Å²) in [6.45, 7) is 1.81. The minimum absolute atomic E-state index is 0.0306. The number of rotatable bonds is 4. The van der Waals surface area contributed by atoms with Crippen molar-refractivity contribution in [3.63, 3.8) is 0 Å². The molecule has 1 atom stereocenters. The SMILES string of the molecule is NCc1ccnc(OC2CCCN(C(=O)c3ccccc3)C2)c1.O=C(O)C(F)(F)F. The number of alkyl halides is 3. The van der Waals surface area contributed by atoms with Crippen LogP contribution in [-0.2, 0) is 11.3 Å². The van der Waals surface area contributed by atoms with Gasteiger partial charge in [-0.3, -0.25) is 4.79 Å². The first kappa shape index (κ1) is 23.1. The zero-order chi connectivity index (χ0) is 22.1. The van der Waals surface area contributed by atoms with E-state index in [0.29, 0.717) is 19.0 Å². The van der Waals surface area contributed by atoms with Crippen molar-refractivity contribution in [2.24, 2.45) is 5.73 Å². The van der Waals surface area contributed by atoms with E-state index in [0.717, 1.165) is 30.5 Å². The van der Waals surface area contributed by atoms with Gasteiger partial charge in [0.2, 0.25) is 5.88 Å². The van der Waals surface area contributed by atoms with Gasteiger partial charge in [-0.05, 0) is 36.6 Å². The van der Waals surface area contributed by atoms with Gasteiger partial charge in [0.25, 0.3) is 5.91 Å². The Labute approximate surface area is 171 Å². The second-order valence-electron chi connectivity index (χ2n) is 6.51. The van der Waals surface area contributed by atoms with Crippen molar-refractivity contribution in [1.29, 1.82) is 0 Å². The molecule has 1 aliphatic rings. The molecule has 2 aromatic rings. The molecule has 0 saturated carbocycles. The molecule has 1 saturated heterocycles. The summed E-state index contributed by atoms with van der Waals surface area (Å²) in [4.78, 5) is 27.5. The predicted octanol–water partition coefficient (Wildman–Crippen LogP) is 2.86. The van der Waals surface area contributed by atoms with Gasteiger partial charge in [-0.2, -0.15) is 13.2 Å².